The van der Waals surface area contributed by atoms with E-state index in [9.17, 15) is 13.5 Å². The zero-order valence-corrected chi connectivity index (χ0v) is 12.3. The van der Waals surface area contributed by atoms with Crippen LogP contribution in [0.1, 0.15) is 19.4 Å². The van der Waals surface area contributed by atoms with Crippen LogP contribution in [0.2, 0.25) is 0 Å². The molecule has 2 N–H and O–H groups in total. The molecule has 0 aliphatic carbocycles. The lowest BCUT2D eigenvalue weighted by molar-refractivity contribution is 0.107. The quantitative estimate of drug-likeness (QED) is 0.733. The number of hydrogen-bond acceptors (Lipinski definition) is 5. The molecule has 0 aliphatic heterocycles. The molecule has 1 aromatic carbocycles. The summed E-state index contributed by atoms with van der Waals surface area (Å²) in [6.07, 6.45) is -0.859. The van der Waals surface area contributed by atoms with Gasteiger partial charge in [0.15, 0.2) is 0 Å². The van der Waals surface area contributed by atoms with Gasteiger partial charge >= 0.3 is 0 Å². The fourth-order valence-corrected chi connectivity index (χ4v) is 2.31. The molecular weight excluding hydrogens is 266 g/mol. The smallest absolute Gasteiger partial charge is 0.297 e. The molecule has 1 unspecified atom stereocenters. The minimum atomic E-state index is -3.80. The molecule has 6 heteroatoms. The zero-order valence-electron chi connectivity index (χ0n) is 11.5. The van der Waals surface area contributed by atoms with Crippen molar-refractivity contribution in [3.05, 3.63) is 29.8 Å². The first-order chi connectivity index (χ1) is 8.81. The maximum absolute atomic E-state index is 11.8. The summed E-state index contributed by atoms with van der Waals surface area (Å²) in [5.74, 6) is 0. The number of aryl methyl sites for hydroxylation is 1. The largest absolute Gasteiger partial charge is 0.389 e. The Labute approximate surface area is 114 Å². The topological polar surface area (TPSA) is 75.6 Å². The van der Waals surface area contributed by atoms with Gasteiger partial charge in [0, 0.05) is 12.6 Å². The Hall–Kier alpha value is -0.950. The molecule has 0 saturated carbocycles. The third-order valence-corrected chi connectivity index (χ3v) is 3.78. The van der Waals surface area contributed by atoms with Gasteiger partial charge in [0.25, 0.3) is 10.1 Å². The molecule has 0 fully saturated rings. The fourth-order valence-electron chi connectivity index (χ4n) is 1.37. The third-order valence-electron chi connectivity index (χ3n) is 2.49. The predicted molar refractivity (Wildman–Crippen MR) is 73.5 cm³/mol. The zero-order chi connectivity index (χ0) is 14.5. The molecule has 1 rings (SSSR count). The summed E-state index contributed by atoms with van der Waals surface area (Å²) in [6.45, 7) is 5.79. The van der Waals surface area contributed by atoms with Gasteiger partial charge in [-0.15, -0.1) is 0 Å². The molecule has 1 aromatic rings. The van der Waals surface area contributed by atoms with Crippen molar-refractivity contribution in [2.45, 2.75) is 37.8 Å². The predicted octanol–water partition coefficient (Wildman–Crippen LogP) is 1.06. The maximum Gasteiger partial charge on any atom is 0.297 e. The fraction of sp³-hybridized carbons (Fsp3) is 0.538. The molecule has 0 heterocycles. The summed E-state index contributed by atoms with van der Waals surface area (Å²) in [4.78, 5) is 0.0992. The molecule has 0 amide bonds. The van der Waals surface area contributed by atoms with Crippen molar-refractivity contribution in [1.82, 2.24) is 5.32 Å². The Morgan fingerprint density at radius 2 is 1.84 bits per heavy atom. The van der Waals surface area contributed by atoms with Crippen LogP contribution in [0.4, 0.5) is 0 Å². The number of nitrogens with one attached hydrogen (secondary N) is 1. The highest BCUT2D eigenvalue weighted by Crippen LogP contribution is 2.13. The molecule has 19 heavy (non-hydrogen) atoms. The van der Waals surface area contributed by atoms with E-state index in [1.54, 1.807) is 12.1 Å². The molecule has 0 bridgehead atoms. The van der Waals surface area contributed by atoms with Gasteiger partial charge in [-0.2, -0.15) is 8.42 Å². The van der Waals surface area contributed by atoms with Crippen molar-refractivity contribution >= 4 is 10.1 Å². The Morgan fingerprint density at radius 3 is 2.37 bits per heavy atom. The summed E-state index contributed by atoms with van der Waals surface area (Å²) in [5.41, 5.74) is 0.972. The van der Waals surface area contributed by atoms with E-state index in [-0.39, 0.29) is 17.5 Å². The Balaban J connectivity index is 2.53. The van der Waals surface area contributed by atoms with Gasteiger partial charge in [-0.05, 0) is 19.1 Å². The Kier molecular flexibility index (Phi) is 5.93. The van der Waals surface area contributed by atoms with E-state index < -0.39 is 16.2 Å². The van der Waals surface area contributed by atoms with E-state index >= 15 is 0 Å². The van der Waals surface area contributed by atoms with Crippen LogP contribution in [-0.4, -0.2) is 38.8 Å². The first-order valence-electron chi connectivity index (χ1n) is 6.19. The van der Waals surface area contributed by atoms with E-state index in [2.05, 4.69) is 5.32 Å². The highest BCUT2D eigenvalue weighted by molar-refractivity contribution is 7.86. The highest BCUT2D eigenvalue weighted by atomic mass is 32.2. The lowest BCUT2D eigenvalue weighted by Gasteiger charge is -2.14. The summed E-state index contributed by atoms with van der Waals surface area (Å²) in [7, 11) is -3.80. The second kappa shape index (κ2) is 7.00. The molecule has 0 aromatic heterocycles. The third kappa shape index (κ3) is 5.69. The lowest BCUT2D eigenvalue weighted by atomic mass is 10.2. The average Bonchev–Trinajstić information content (AvgIpc) is 2.34. The second-order valence-electron chi connectivity index (χ2n) is 4.77. The highest BCUT2D eigenvalue weighted by Gasteiger charge is 2.17. The summed E-state index contributed by atoms with van der Waals surface area (Å²) in [5, 5.41) is 12.6. The van der Waals surface area contributed by atoms with Gasteiger partial charge in [-0.1, -0.05) is 31.5 Å². The molecular formula is C13H21NO4S. The van der Waals surface area contributed by atoms with Crippen molar-refractivity contribution in [1.29, 1.82) is 0 Å². The van der Waals surface area contributed by atoms with Crippen LogP contribution < -0.4 is 5.32 Å². The van der Waals surface area contributed by atoms with Crippen LogP contribution in [0.25, 0.3) is 0 Å². The monoisotopic (exact) mass is 287 g/mol. The van der Waals surface area contributed by atoms with Crippen molar-refractivity contribution in [2.24, 2.45) is 0 Å². The van der Waals surface area contributed by atoms with Crippen molar-refractivity contribution in [3.8, 4) is 0 Å². The van der Waals surface area contributed by atoms with Gasteiger partial charge < -0.3 is 10.4 Å². The van der Waals surface area contributed by atoms with Crippen LogP contribution in [-0.2, 0) is 14.3 Å². The van der Waals surface area contributed by atoms with Crippen molar-refractivity contribution < 1.29 is 17.7 Å². The van der Waals surface area contributed by atoms with E-state index in [1.165, 1.54) is 12.1 Å². The van der Waals surface area contributed by atoms with Crippen LogP contribution in [0.15, 0.2) is 29.2 Å². The van der Waals surface area contributed by atoms with Crippen LogP contribution in [0, 0.1) is 6.92 Å². The van der Waals surface area contributed by atoms with Crippen molar-refractivity contribution in [2.75, 3.05) is 13.2 Å². The molecule has 0 spiro atoms. The Morgan fingerprint density at radius 1 is 1.26 bits per heavy atom. The van der Waals surface area contributed by atoms with Gasteiger partial charge in [-0.3, -0.25) is 4.18 Å². The van der Waals surface area contributed by atoms with E-state index in [4.69, 9.17) is 4.18 Å². The summed E-state index contributed by atoms with van der Waals surface area (Å²) in [6, 6.07) is 6.61. The molecule has 1 atom stereocenters. The maximum atomic E-state index is 11.8. The summed E-state index contributed by atoms with van der Waals surface area (Å²) < 4.78 is 28.5. The van der Waals surface area contributed by atoms with Gasteiger partial charge in [-0.25, -0.2) is 0 Å². The molecule has 5 nitrogen and oxygen atoms in total. The average molecular weight is 287 g/mol. The Bertz CT molecular complexity index is 482. The normalized spacial score (nSPS) is 13.7. The first kappa shape index (κ1) is 16.1. The van der Waals surface area contributed by atoms with E-state index in [0.717, 1.165) is 5.56 Å². The molecule has 0 aliphatic rings. The number of aliphatic hydroxyl groups excluding tert-OH is 1. The minimum absolute atomic E-state index is 0.0992. The number of rotatable bonds is 7. The minimum Gasteiger partial charge on any atom is -0.389 e. The van der Waals surface area contributed by atoms with Crippen LogP contribution in [0.5, 0.6) is 0 Å². The van der Waals surface area contributed by atoms with Gasteiger partial charge in [0.05, 0.1) is 17.6 Å². The molecule has 0 saturated heterocycles. The molecule has 108 valence electrons. The van der Waals surface area contributed by atoms with Gasteiger partial charge in [0.1, 0.15) is 0 Å². The number of aliphatic hydroxyl groups is 1. The number of benzene rings is 1. The van der Waals surface area contributed by atoms with Gasteiger partial charge in [0.2, 0.25) is 0 Å². The summed E-state index contributed by atoms with van der Waals surface area (Å²) >= 11 is 0. The standard InChI is InChI=1S/C13H21NO4S/c1-10(2)14-8-12(15)9-18-19(16,17)13-6-4-11(3)5-7-13/h4-7,10,12,14-15H,8-9H2,1-3H3. The van der Waals surface area contributed by atoms with E-state index in [1.807, 2.05) is 20.8 Å². The van der Waals surface area contributed by atoms with Crippen LogP contribution >= 0.6 is 0 Å². The molecule has 0 radical (unpaired) electrons. The van der Waals surface area contributed by atoms with E-state index in [0.29, 0.717) is 6.54 Å². The first-order valence-corrected chi connectivity index (χ1v) is 7.59. The number of hydrogen-bond donors (Lipinski definition) is 2. The van der Waals surface area contributed by atoms with Crippen LogP contribution in [0.3, 0.4) is 0 Å². The van der Waals surface area contributed by atoms with Crippen molar-refractivity contribution in [3.63, 3.8) is 0 Å². The lowest BCUT2D eigenvalue weighted by Crippen LogP contribution is -2.35. The SMILES string of the molecule is Cc1ccc(S(=O)(=O)OCC(O)CNC(C)C)cc1. The second-order valence-corrected chi connectivity index (χ2v) is 6.38.